The van der Waals surface area contributed by atoms with Crippen molar-refractivity contribution in [1.29, 1.82) is 0 Å². The molecule has 1 saturated heterocycles. The van der Waals surface area contributed by atoms with Gasteiger partial charge in [0.15, 0.2) is 6.29 Å². The van der Waals surface area contributed by atoms with Crippen molar-refractivity contribution >= 4 is 7.60 Å². The van der Waals surface area contributed by atoms with Crippen molar-refractivity contribution in [2.24, 2.45) is 0 Å². The summed E-state index contributed by atoms with van der Waals surface area (Å²) in [7, 11) is -3.75. The average Bonchev–Trinajstić information content (AvgIpc) is 2.40. The molecule has 0 amide bonds. The standard InChI is InChI=1S/C12H25O9P/c1-7(2)18-4-5-19-12-11(15)10(14)9(13)8(21-12)6-20-22(3,16)17/h7-15H,4-6H2,1-3H3,(H,16,17). The predicted molar refractivity (Wildman–Crippen MR) is 75.4 cm³/mol. The fourth-order valence-corrected chi connectivity index (χ4v) is 2.28. The van der Waals surface area contributed by atoms with Gasteiger partial charge in [0.05, 0.1) is 25.9 Å². The highest BCUT2D eigenvalue weighted by molar-refractivity contribution is 7.51. The molecule has 1 fully saturated rings. The lowest BCUT2D eigenvalue weighted by molar-refractivity contribution is -0.301. The molecule has 1 heterocycles. The zero-order valence-corrected chi connectivity index (χ0v) is 13.8. The Labute approximate surface area is 129 Å². The van der Waals surface area contributed by atoms with Gasteiger partial charge in [-0.1, -0.05) is 0 Å². The van der Waals surface area contributed by atoms with Crippen molar-refractivity contribution in [3.8, 4) is 0 Å². The molecule has 6 atom stereocenters. The maximum Gasteiger partial charge on any atom is 0.325 e. The highest BCUT2D eigenvalue weighted by atomic mass is 31.2. The van der Waals surface area contributed by atoms with Gasteiger partial charge in [0.2, 0.25) is 0 Å². The Kier molecular flexibility index (Phi) is 7.87. The van der Waals surface area contributed by atoms with Gasteiger partial charge in [-0.3, -0.25) is 4.57 Å². The van der Waals surface area contributed by atoms with Crippen molar-refractivity contribution in [2.45, 2.75) is 50.7 Å². The van der Waals surface area contributed by atoms with Crippen LogP contribution in [-0.2, 0) is 23.3 Å². The first-order valence-electron chi connectivity index (χ1n) is 6.99. The van der Waals surface area contributed by atoms with Crippen molar-refractivity contribution in [2.75, 3.05) is 26.5 Å². The number of hydrogen-bond donors (Lipinski definition) is 4. The van der Waals surface area contributed by atoms with E-state index in [0.717, 1.165) is 6.66 Å². The minimum Gasteiger partial charge on any atom is -0.387 e. The second kappa shape index (κ2) is 8.68. The minimum absolute atomic E-state index is 0.0256. The molecule has 0 bridgehead atoms. The fraction of sp³-hybridized carbons (Fsp3) is 1.00. The van der Waals surface area contributed by atoms with Crippen LogP contribution in [0.4, 0.5) is 0 Å². The minimum atomic E-state index is -3.75. The zero-order chi connectivity index (χ0) is 16.9. The Morgan fingerprint density at radius 2 is 1.77 bits per heavy atom. The highest BCUT2D eigenvalue weighted by Gasteiger charge is 2.44. The third-order valence-electron chi connectivity index (χ3n) is 2.96. The molecule has 6 unspecified atom stereocenters. The van der Waals surface area contributed by atoms with Crippen LogP contribution in [0.5, 0.6) is 0 Å². The second-order valence-electron chi connectivity index (χ2n) is 5.40. The van der Waals surface area contributed by atoms with Gasteiger partial charge in [0.1, 0.15) is 24.4 Å². The summed E-state index contributed by atoms with van der Waals surface area (Å²) < 4.78 is 31.6. The summed E-state index contributed by atoms with van der Waals surface area (Å²) in [5.74, 6) is 0. The largest absolute Gasteiger partial charge is 0.387 e. The maximum atomic E-state index is 11.1. The molecule has 1 aliphatic rings. The molecule has 4 N–H and O–H groups in total. The second-order valence-corrected chi connectivity index (χ2v) is 7.27. The highest BCUT2D eigenvalue weighted by Crippen LogP contribution is 2.37. The molecule has 0 aromatic rings. The van der Waals surface area contributed by atoms with Crippen LogP contribution < -0.4 is 0 Å². The van der Waals surface area contributed by atoms with Crippen LogP contribution in [0, 0.1) is 0 Å². The fourth-order valence-electron chi connectivity index (χ4n) is 1.85. The first kappa shape index (κ1) is 20.0. The van der Waals surface area contributed by atoms with E-state index in [1.165, 1.54) is 0 Å². The summed E-state index contributed by atoms with van der Waals surface area (Å²) in [4.78, 5) is 9.08. The lowest BCUT2D eigenvalue weighted by atomic mass is 9.99. The van der Waals surface area contributed by atoms with Gasteiger partial charge < -0.3 is 38.9 Å². The third-order valence-corrected chi connectivity index (χ3v) is 3.59. The molecule has 0 aromatic heterocycles. The molecule has 0 aromatic carbocycles. The van der Waals surface area contributed by atoms with Crippen molar-refractivity contribution in [3.63, 3.8) is 0 Å². The number of aliphatic hydroxyl groups is 3. The first-order valence-corrected chi connectivity index (χ1v) is 9.02. The molecule has 22 heavy (non-hydrogen) atoms. The van der Waals surface area contributed by atoms with Crippen LogP contribution in [0.25, 0.3) is 0 Å². The van der Waals surface area contributed by atoms with Crippen LogP contribution >= 0.6 is 7.60 Å². The number of ether oxygens (including phenoxy) is 3. The third kappa shape index (κ3) is 6.57. The van der Waals surface area contributed by atoms with E-state index in [0.29, 0.717) is 0 Å². The molecule has 0 aliphatic carbocycles. The van der Waals surface area contributed by atoms with Crippen molar-refractivity contribution in [3.05, 3.63) is 0 Å². The molecule has 132 valence electrons. The van der Waals surface area contributed by atoms with Crippen LogP contribution in [0.3, 0.4) is 0 Å². The predicted octanol–water partition coefficient (Wildman–Crippen LogP) is -0.933. The van der Waals surface area contributed by atoms with Crippen molar-refractivity contribution in [1.82, 2.24) is 0 Å². The van der Waals surface area contributed by atoms with Gasteiger partial charge in [-0.25, -0.2) is 0 Å². The van der Waals surface area contributed by atoms with E-state index in [1.807, 2.05) is 13.8 Å². The van der Waals surface area contributed by atoms with E-state index in [9.17, 15) is 19.9 Å². The van der Waals surface area contributed by atoms with Crippen LogP contribution in [0.2, 0.25) is 0 Å². The van der Waals surface area contributed by atoms with E-state index in [-0.39, 0.29) is 19.3 Å². The summed E-state index contributed by atoms with van der Waals surface area (Å²) in [6, 6.07) is 0. The topological polar surface area (TPSA) is 135 Å². The Balaban J connectivity index is 2.52. The van der Waals surface area contributed by atoms with Gasteiger partial charge in [-0.15, -0.1) is 0 Å². The van der Waals surface area contributed by atoms with Gasteiger partial charge in [0.25, 0.3) is 0 Å². The Hall–Kier alpha value is -0.0900. The van der Waals surface area contributed by atoms with E-state index >= 15 is 0 Å². The molecule has 0 spiro atoms. The number of rotatable bonds is 8. The van der Waals surface area contributed by atoms with Gasteiger partial charge in [0, 0.05) is 6.66 Å². The molecule has 0 saturated carbocycles. The van der Waals surface area contributed by atoms with E-state index in [2.05, 4.69) is 4.52 Å². The quantitative estimate of drug-likeness (QED) is 0.325. The smallest absolute Gasteiger partial charge is 0.325 e. The Bertz CT molecular complexity index is 372. The summed E-state index contributed by atoms with van der Waals surface area (Å²) in [6.07, 6.45) is -6.71. The number of hydrogen-bond acceptors (Lipinski definition) is 8. The molecule has 0 radical (unpaired) electrons. The average molecular weight is 344 g/mol. The molecule has 1 rings (SSSR count). The number of aliphatic hydroxyl groups excluding tert-OH is 3. The monoisotopic (exact) mass is 344 g/mol. The molecule has 10 heteroatoms. The van der Waals surface area contributed by atoms with Crippen LogP contribution in [0.15, 0.2) is 0 Å². The summed E-state index contributed by atoms with van der Waals surface area (Å²) in [6.45, 7) is 4.67. The molecular formula is C12H25O9P. The SMILES string of the molecule is CC(C)OCCOC1OC(COP(C)(=O)O)C(O)C(O)C1O. The Morgan fingerprint density at radius 1 is 1.14 bits per heavy atom. The summed E-state index contributed by atoms with van der Waals surface area (Å²) >= 11 is 0. The Morgan fingerprint density at radius 3 is 2.32 bits per heavy atom. The van der Waals surface area contributed by atoms with Crippen LogP contribution in [-0.4, -0.2) is 83.5 Å². The molecule has 9 nitrogen and oxygen atoms in total. The summed E-state index contributed by atoms with van der Waals surface area (Å²) in [5.41, 5.74) is 0. The van der Waals surface area contributed by atoms with E-state index in [4.69, 9.17) is 19.1 Å². The van der Waals surface area contributed by atoms with Gasteiger partial charge >= 0.3 is 7.60 Å². The molecule has 1 aliphatic heterocycles. The van der Waals surface area contributed by atoms with Gasteiger partial charge in [-0.05, 0) is 13.8 Å². The normalized spacial score (nSPS) is 35.5. The lowest BCUT2D eigenvalue weighted by Gasteiger charge is -2.40. The van der Waals surface area contributed by atoms with Gasteiger partial charge in [-0.2, -0.15) is 0 Å². The first-order chi connectivity index (χ1) is 10.1. The van der Waals surface area contributed by atoms with Crippen LogP contribution in [0.1, 0.15) is 13.8 Å². The van der Waals surface area contributed by atoms with E-state index < -0.39 is 44.9 Å². The van der Waals surface area contributed by atoms with Crippen molar-refractivity contribution < 1.29 is 43.5 Å². The maximum absolute atomic E-state index is 11.1. The lowest BCUT2D eigenvalue weighted by Crippen LogP contribution is -2.59. The summed E-state index contributed by atoms with van der Waals surface area (Å²) in [5, 5.41) is 29.4. The van der Waals surface area contributed by atoms with E-state index in [1.54, 1.807) is 0 Å². The zero-order valence-electron chi connectivity index (χ0n) is 12.9. The molecular weight excluding hydrogens is 319 g/mol.